The molecule has 2 aromatic rings. The number of benzene rings is 2. The van der Waals surface area contributed by atoms with Crippen molar-refractivity contribution in [2.45, 2.75) is 12.5 Å². The molecule has 9 heteroatoms. The molecule has 1 amide bonds. The Morgan fingerprint density at radius 3 is 2.71 bits per heavy atom. The maximum absolute atomic E-state index is 13.2. The lowest BCUT2D eigenvalue weighted by Gasteiger charge is -2.27. The molecule has 184 valence electrons. The zero-order valence-corrected chi connectivity index (χ0v) is 19.6. The Hall–Kier alpha value is -3.56. The van der Waals surface area contributed by atoms with E-state index < -0.39 is 17.7 Å². The van der Waals surface area contributed by atoms with Crippen LogP contribution in [0.3, 0.4) is 0 Å². The first kappa shape index (κ1) is 23.2. The Morgan fingerprint density at radius 2 is 1.91 bits per heavy atom. The van der Waals surface area contributed by atoms with Gasteiger partial charge in [0.1, 0.15) is 24.6 Å². The SMILES string of the molecule is COc1cccc([C@H]2C(=C(O)c3ccc4c(c3)OCO4)C(=O)C(=O)N2CCC[NH+]2CCOCC2)c1. The van der Waals surface area contributed by atoms with Crippen LogP contribution in [-0.2, 0) is 14.3 Å². The smallest absolute Gasteiger partial charge is 0.295 e. The average Bonchev–Trinajstić information content (AvgIpc) is 3.46. The third kappa shape index (κ3) is 4.56. The standard InChI is InChI=1S/C26H28N2O7/c1-32-19-5-2-4-17(14-19)23-22(24(29)18-6-7-20-21(15-18)35-16-34-20)25(30)26(31)28(23)9-3-8-27-10-12-33-13-11-27/h2,4-7,14-15,23,29H,3,8-13,16H2,1H3/p+1/t23-/m0/s1. The molecule has 0 radical (unpaired) electrons. The topological polar surface area (TPSA) is 99.0 Å². The number of hydrogen-bond donors (Lipinski definition) is 2. The number of fused-ring (bicyclic) bond motifs is 1. The number of hydrogen-bond acceptors (Lipinski definition) is 7. The summed E-state index contributed by atoms with van der Waals surface area (Å²) < 4.78 is 21.6. The summed E-state index contributed by atoms with van der Waals surface area (Å²) in [6.45, 7) is 4.70. The van der Waals surface area contributed by atoms with Crippen LogP contribution in [0.1, 0.15) is 23.6 Å². The summed E-state index contributed by atoms with van der Waals surface area (Å²) >= 11 is 0. The fourth-order valence-corrected chi connectivity index (χ4v) is 4.88. The second-order valence-electron chi connectivity index (χ2n) is 8.80. The van der Waals surface area contributed by atoms with E-state index in [9.17, 15) is 14.7 Å². The first-order valence-corrected chi connectivity index (χ1v) is 11.8. The van der Waals surface area contributed by atoms with Crippen LogP contribution in [0.25, 0.3) is 5.76 Å². The van der Waals surface area contributed by atoms with Gasteiger partial charge in [0.15, 0.2) is 11.5 Å². The summed E-state index contributed by atoms with van der Waals surface area (Å²) in [5, 5.41) is 11.3. The number of nitrogens with zero attached hydrogens (tertiary/aromatic N) is 1. The fraction of sp³-hybridized carbons (Fsp3) is 0.385. The van der Waals surface area contributed by atoms with E-state index in [0.29, 0.717) is 34.9 Å². The molecule has 0 bridgehead atoms. The summed E-state index contributed by atoms with van der Waals surface area (Å²) in [5.74, 6) is 0.0974. The van der Waals surface area contributed by atoms with Crippen LogP contribution in [0.15, 0.2) is 48.0 Å². The zero-order chi connectivity index (χ0) is 24.4. The molecule has 9 nitrogen and oxygen atoms in total. The second kappa shape index (κ2) is 9.97. The first-order valence-electron chi connectivity index (χ1n) is 11.8. The van der Waals surface area contributed by atoms with Crippen molar-refractivity contribution in [1.82, 2.24) is 4.90 Å². The lowest BCUT2D eigenvalue weighted by Crippen LogP contribution is -3.14. The van der Waals surface area contributed by atoms with Gasteiger partial charge in [-0.2, -0.15) is 0 Å². The quantitative estimate of drug-likeness (QED) is 0.348. The molecule has 0 aliphatic carbocycles. The molecule has 0 saturated carbocycles. The first-order chi connectivity index (χ1) is 17.1. The van der Waals surface area contributed by atoms with Crippen LogP contribution in [0.4, 0.5) is 0 Å². The van der Waals surface area contributed by atoms with Gasteiger partial charge in [0.25, 0.3) is 11.7 Å². The predicted octanol–water partition coefficient (Wildman–Crippen LogP) is 1.15. The molecule has 5 rings (SSSR count). The highest BCUT2D eigenvalue weighted by molar-refractivity contribution is 6.46. The van der Waals surface area contributed by atoms with Crippen LogP contribution < -0.4 is 19.1 Å². The Bertz CT molecular complexity index is 1160. The number of nitrogens with one attached hydrogen (secondary N) is 1. The summed E-state index contributed by atoms with van der Waals surface area (Å²) in [7, 11) is 1.56. The fourth-order valence-electron chi connectivity index (χ4n) is 4.88. The van der Waals surface area contributed by atoms with Gasteiger partial charge < -0.3 is 33.9 Å². The Kier molecular flexibility index (Phi) is 6.61. The largest absolute Gasteiger partial charge is 0.507 e. The van der Waals surface area contributed by atoms with Crippen molar-refractivity contribution in [1.29, 1.82) is 0 Å². The molecular formula is C26H29N2O7+. The number of ether oxygens (including phenoxy) is 4. The molecule has 2 N–H and O–H groups in total. The Balaban J connectivity index is 1.49. The van der Waals surface area contributed by atoms with Gasteiger partial charge in [-0.15, -0.1) is 0 Å². The van der Waals surface area contributed by atoms with E-state index in [2.05, 4.69) is 0 Å². The number of carbonyl (C=O) groups excluding carboxylic acids is 2. The maximum atomic E-state index is 13.2. The minimum Gasteiger partial charge on any atom is -0.507 e. The van der Waals surface area contributed by atoms with Gasteiger partial charge in [-0.3, -0.25) is 9.59 Å². The third-order valence-corrected chi connectivity index (χ3v) is 6.72. The summed E-state index contributed by atoms with van der Waals surface area (Å²) in [6.07, 6.45) is 0.729. The van der Waals surface area contributed by atoms with Crippen molar-refractivity contribution in [3.05, 3.63) is 59.2 Å². The van der Waals surface area contributed by atoms with Crippen LogP contribution in [0.2, 0.25) is 0 Å². The number of aliphatic hydroxyl groups is 1. The highest BCUT2D eigenvalue weighted by Gasteiger charge is 2.46. The molecule has 35 heavy (non-hydrogen) atoms. The van der Waals surface area contributed by atoms with Crippen molar-refractivity contribution in [2.75, 3.05) is 53.3 Å². The van der Waals surface area contributed by atoms with Gasteiger partial charge in [-0.1, -0.05) is 12.1 Å². The summed E-state index contributed by atoms with van der Waals surface area (Å²) in [6, 6.07) is 11.5. The molecule has 3 heterocycles. The van der Waals surface area contributed by atoms with E-state index in [-0.39, 0.29) is 18.1 Å². The van der Waals surface area contributed by atoms with Crippen molar-refractivity contribution in [3.63, 3.8) is 0 Å². The normalized spacial score (nSPS) is 21.5. The second-order valence-corrected chi connectivity index (χ2v) is 8.80. The van der Waals surface area contributed by atoms with Crippen molar-refractivity contribution in [2.24, 2.45) is 0 Å². The van der Waals surface area contributed by atoms with E-state index in [1.54, 1.807) is 42.3 Å². The number of amides is 1. The van der Waals surface area contributed by atoms with E-state index >= 15 is 0 Å². The number of methoxy groups -OCH3 is 1. The molecule has 0 spiro atoms. The average molecular weight is 482 g/mol. The van der Waals surface area contributed by atoms with Crippen molar-refractivity contribution in [3.8, 4) is 17.2 Å². The Labute approximate surface area is 203 Å². The number of rotatable bonds is 7. The molecule has 0 unspecified atom stereocenters. The number of aliphatic hydroxyl groups excluding tert-OH is 1. The van der Waals surface area contributed by atoms with Gasteiger partial charge in [0.05, 0.1) is 38.5 Å². The monoisotopic (exact) mass is 481 g/mol. The molecule has 0 aromatic heterocycles. The summed E-state index contributed by atoms with van der Waals surface area (Å²) in [5.41, 5.74) is 1.14. The van der Waals surface area contributed by atoms with Crippen molar-refractivity contribution < 1.29 is 38.5 Å². The van der Waals surface area contributed by atoms with Gasteiger partial charge in [-0.05, 0) is 35.9 Å². The van der Waals surface area contributed by atoms with E-state index in [1.807, 2.05) is 12.1 Å². The minimum absolute atomic E-state index is 0.0563. The molecule has 2 aromatic carbocycles. The molecule has 3 aliphatic heterocycles. The van der Waals surface area contributed by atoms with Crippen LogP contribution in [-0.4, -0.2) is 75.0 Å². The molecule has 3 aliphatic rings. The zero-order valence-electron chi connectivity index (χ0n) is 19.6. The molecule has 2 saturated heterocycles. The number of quaternary nitrogens is 1. The van der Waals surface area contributed by atoms with Crippen LogP contribution >= 0.6 is 0 Å². The number of likely N-dealkylation sites (tertiary alicyclic amines) is 1. The van der Waals surface area contributed by atoms with Crippen LogP contribution in [0, 0.1) is 0 Å². The van der Waals surface area contributed by atoms with E-state index in [4.69, 9.17) is 18.9 Å². The Morgan fingerprint density at radius 1 is 1.11 bits per heavy atom. The van der Waals surface area contributed by atoms with Gasteiger partial charge in [0, 0.05) is 18.5 Å². The highest BCUT2D eigenvalue weighted by Crippen LogP contribution is 2.42. The number of morpholine rings is 1. The molecule has 2 fully saturated rings. The van der Waals surface area contributed by atoms with Gasteiger partial charge in [-0.25, -0.2) is 0 Å². The van der Waals surface area contributed by atoms with E-state index in [0.717, 1.165) is 39.3 Å². The van der Waals surface area contributed by atoms with Gasteiger partial charge >= 0.3 is 0 Å². The van der Waals surface area contributed by atoms with Crippen LogP contribution in [0.5, 0.6) is 17.2 Å². The minimum atomic E-state index is -0.727. The lowest BCUT2D eigenvalue weighted by atomic mass is 9.95. The number of ketones is 1. The molecule has 1 atom stereocenters. The van der Waals surface area contributed by atoms with E-state index in [1.165, 1.54) is 4.90 Å². The maximum Gasteiger partial charge on any atom is 0.295 e. The number of Topliss-reactive ketones (excluding diaryl/α,β-unsaturated/α-hetero) is 1. The summed E-state index contributed by atoms with van der Waals surface area (Å²) in [4.78, 5) is 29.4. The lowest BCUT2D eigenvalue weighted by molar-refractivity contribution is -0.908. The van der Waals surface area contributed by atoms with Crippen molar-refractivity contribution >= 4 is 17.4 Å². The number of carbonyl (C=O) groups is 2. The highest BCUT2D eigenvalue weighted by atomic mass is 16.7. The van der Waals surface area contributed by atoms with Gasteiger partial charge in [0.2, 0.25) is 6.79 Å². The predicted molar refractivity (Wildman–Crippen MR) is 126 cm³/mol. The molecular weight excluding hydrogens is 452 g/mol. The third-order valence-electron chi connectivity index (χ3n) is 6.72.